The minimum atomic E-state index is -0.352. The van der Waals surface area contributed by atoms with Crippen LogP contribution in [0, 0.1) is 11.3 Å². The summed E-state index contributed by atoms with van der Waals surface area (Å²) in [4.78, 5) is 25.8. The van der Waals surface area contributed by atoms with Crippen molar-refractivity contribution in [1.29, 1.82) is 5.26 Å². The van der Waals surface area contributed by atoms with Crippen molar-refractivity contribution in [3.05, 3.63) is 29.6 Å². The summed E-state index contributed by atoms with van der Waals surface area (Å²) in [6.45, 7) is 1.34. The van der Waals surface area contributed by atoms with Gasteiger partial charge in [-0.1, -0.05) is 0 Å². The molecule has 0 unspecified atom stereocenters. The van der Waals surface area contributed by atoms with Crippen LogP contribution in [0.2, 0.25) is 0 Å². The zero-order valence-electron chi connectivity index (χ0n) is 7.65. The smallest absolute Gasteiger partial charge is 0.188 e. The van der Waals surface area contributed by atoms with E-state index in [1.54, 1.807) is 0 Å². The third-order valence-corrected chi connectivity index (χ3v) is 1.58. The molecular formula is C10H8N2O2. The average molecular weight is 188 g/mol. The van der Waals surface area contributed by atoms with Crippen molar-refractivity contribution >= 4 is 11.6 Å². The Morgan fingerprint density at radius 1 is 1.57 bits per heavy atom. The van der Waals surface area contributed by atoms with Crippen LogP contribution < -0.4 is 0 Å². The quantitative estimate of drug-likeness (QED) is 0.526. The highest BCUT2D eigenvalue weighted by atomic mass is 16.1. The van der Waals surface area contributed by atoms with Gasteiger partial charge in [-0.25, -0.2) is 0 Å². The second-order valence-electron chi connectivity index (χ2n) is 2.84. The van der Waals surface area contributed by atoms with E-state index >= 15 is 0 Å². The molecule has 0 N–H and O–H groups in total. The summed E-state index contributed by atoms with van der Waals surface area (Å²) in [7, 11) is 0. The molecular weight excluding hydrogens is 180 g/mol. The average Bonchev–Trinajstić information content (AvgIpc) is 2.17. The maximum absolute atomic E-state index is 11.3. The van der Waals surface area contributed by atoms with Crippen LogP contribution in [0.1, 0.15) is 29.4 Å². The monoisotopic (exact) mass is 188 g/mol. The van der Waals surface area contributed by atoms with E-state index in [9.17, 15) is 9.59 Å². The fourth-order valence-electron chi connectivity index (χ4n) is 0.969. The highest BCUT2D eigenvalue weighted by Crippen LogP contribution is 2.03. The van der Waals surface area contributed by atoms with Crippen molar-refractivity contribution < 1.29 is 9.59 Å². The van der Waals surface area contributed by atoms with E-state index < -0.39 is 0 Å². The largest absolute Gasteiger partial charge is 0.300 e. The molecule has 0 radical (unpaired) electrons. The van der Waals surface area contributed by atoms with Crippen LogP contribution in [0.5, 0.6) is 0 Å². The van der Waals surface area contributed by atoms with Crippen LogP contribution in [-0.4, -0.2) is 16.6 Å². The van der Waals surface area contributed by atoms with Crippen molar-refractivity contribution in [2.75, 3.05) is 0 Å². The van der Waals surface area contributed by atoms with Crippen molar-refractivity contribution in [1.82, 2.24) is 4.98 Å². The van der Waals surface area contributed by atoms with Crippen LogP contribution in [-0.2, 0) is 4.79 Å². The third-order valence-electron chi connectivity index (χ3n) is 1.58. The van der Waals surface area contributed by atoms with Crippen LogP contribution in [0.4, 0.5) is 0 Å². The molecule has 4 heteroatoms. The van der Waals surface area contributed by atoms with Gasteiger partial charge >= 0.3 is 0 Å². The van der Waals surface area contributed by atoms with E-state index in [1.807, 2.05) is 6.07 Å². The summed E-state index contributed by atoms with van der Waals surface area (Å²) in [5.74, 6) is -0.561. The van der Waals surface area contributed by atoms with Crippen molar-refractivity contribution in [3.8, 4) is 6.07 Å². The molecule has 4 nitrogen and oxygen atoms in total. The first-order valence-corrected chi connectivity index (χ1v) is 4.02. The van der Waals surface area contributed by atoms with Crippen LogP contribution >= 0.6 is 0 Å². The van der Waals surface area contributed by atoms with E-state index in [-0.39, 0.29) is 23.7 Å². The Morgan fingerprint density at radius 3 is 2.86 bits per heavy atom. The third kappa shape index (κ3) is 2.49. The lowest BCUT2D eigenvalue weighted by Gasteiger charge is -1.96. The molecule has 0 amide bonds. The zero-order valence-corrected chi connectivity index (χ0v) is 7.65. The molecule has 0 fully saturated rings. The molecule has 0 aliphatic heterocycles. The summed E-state index contributed by atoms with van der Waals surface area (Å²) in [6, 6.07) is 4.78. The second-order valence-corrected chi connectivity index (χ2v) is 2.84. The first-order chi connectivity index (χ1) is 6.63. The van der Waals surface area contributed by atoms with Crippen LogP contribution in [0.25, 0.3) is 0 Å². The first-order valence-electron chi connectivity index (χ1n) is 4.02. The topological polar surface area (TPSA) is 70.8 Å². The van der Waals surface area contributed by atoms with Crippen molar-refractivity contribution in [2.45, 2.75) is 13.3 Å². The van der Waals surface area contributed by atoms with Gasteiger partial charge in [-0.2, -0.15) is 5.26 Å². The molecule has 70 valence electrons. The number of rotatable bonds is 3. The van der Waals surface area contributed by atoms with Gasteiger partial charge < -0.3 is 0 Å². The number of hydrogen-bond acceptors (Lipinski definition) is 4. The predicted molar refractivity (Wildman–Crippen MR) is 48.6 cm³/mol. The maximum atomic E-state index is 11.3. The molecule has 0 aliphatic carbocycles. The molecule has 0 saturated carbocycles. The number of carbonyl (C=O) groups excluding carboxylic acids is 2. The van der Waals surface area contributed by atoms with Gasteiger partial charge in [-0.15, -0.1) is 0 Å². The van der Waals surface area contributed by atoms with Gasteiger partial charge in [0.1, 0.15) is 11.5 Å². The number of carbonyl (C=O) groups is 2. The fourth-order valence-corrected chi connectivity index (χ4v) is 0.969. The molecule has 0 bridgehead atoms. The lowest BCUT2D eigenvalue weighted by molar-refractivity contribution is -0.116. The molecule has 1 aromatic rings. The van der Waals surface area contributed by atoms with Gasteiger partial charge in [0.15, 0.2) is 5.78 Å². The highest BCUT2D eigenvalue weighted by molar-refractivity contribution is 6.06. The standard InChI is InChI=1S/C10H8N2O2/c1-7(13)4-10(14)9-5-8(6-11)2-3-12-9/h2-3,5H,4H2,1H3. The lowest BCUT2D eigenvalue weighted by atomic mass is 10.1. The number of ketones is 2. The van der Waals surface area contributed by atoms with E-state index in [0.29, 0.717) is 5.56 Å². The predicted octanol–water partition coefficient (Wildman–Crippen LogP) is 1.12. The number of pyridine rings is 1. The summed E-state index contributed by atoms with van der Waals surface area (Å²) < 4.78 is 0. The van der Waals surface area contributed by atoms with Crippen LogP contribution in [0.15, 0.2) is 18.3 Å². The normalized spacial score (nSPS) is 9.14. The number of aromatic nitrogens is 1. The Kier molecular flexibility index (Phi) is 3.08. The molecule has 14 heavy (non-hydrogen) atoms. The summed E-state index contributed by atoms with van der Waals surface area (Å²) in [6.07, 6.45) is 1.22. The fraction of sp³-hybridized carbons (Fsp3) is 0.200. The van der Waals surface area contributed by atoms with E-state index in [0.717, 1.165) is 0 Å². The van der Waals surface area contributed by atoms with E-state index in [1.165, 1.54) is 25.3 Å². The molecule has 1 heterocycles. The van der Waals surface area contributed by atoms with Gasteiger partial charge in [0.25, 0.3) is 0 Å². The Labute approximate surface area is 81.2 Å². The summed E-state index contributed by atoms with van der Waals surface area (Å²) in [5.41, 5.74) is 0.533. The van der Waals surface area contributed by atoms with E-state index in [4.69, 9.17) is 5.26 Å². The molecule has 1 rings (SSSR count). The van der Waals surface area contributed by atoms with E-state index in [2.05, 4.69) is 4.98 Å². The number of nitriles is 1. The Balaban J connectivity index is 2.91. The Hall–Kier alpha value is -2.02. The van der Waals surface area contributed by atoms with Gasteiger partial charge in [0.05, 0.1) is 18.1 Å². The Morgan fingerprint density at radius 2 is 2.29 bits per heavy atom. The van der Waals surface area contributed by atoms with Crippen molar-refractivity contribution in [3.63, 3.8) is 0 Å². The molecule has 0 aromatic carbocycles. The molecule has 0 aliphatic rings. The van der Waals surface area contributed by atoms with Gasteiger partial charge in [-0.3, -0.25) is 14.6 Å². The Bertz CT molecular complexity index is 418. The minimum Gasteiger partial charge on any atom is -0.300 e. The molecule has 0 atom stereocenters. The summed E-state index contributed by atoms with van der Waals surface area (Å²) in [5, 5.41) is 8.57. The zero-order chi connectivity index (χ0) is 10.6. The molecule has 1 aromatic heterocycles. The SMILES string of the molecule is CC(=O)CC(=O)c1cc(C#N)ccn1. The van der Waals surface area contributed by atoms with Crippen LogP contribution in [0.3, 0.4) is 0 Å². The molecule has 0 spiro atoms. The second kappa shape index (κ2) is 4.28. The van der Waals surface area contributed by atoms with Crippen molar-refractivity contribution in [2.24, 2.45) is 0 Å². The van der Waals surface area contributed by atoms with Gasteiger partial charge in [0, 0.05) is 6.20 Å². The van der Waals surface area contributed by atoms with Gasteiger partial charge in [-0.05, 0) is 19.1 Å². The first kappa shape index (κ1) is 10.1. The minimum absolute atomic E-state index is 0.165. The highest BCUT2D eigenvalue weighted by Gasteiger charge is 2.10. The number of hydrogen-bond donors (Lipinski definition) is 0. The van der Waals surface area contributed by atoms with Gasteiger partial charge in [0.2, 0.25) is 0 Å². The number of Topliss-reactive ketones (excluding diaryl/α,β-unsaturated/α-hetero) is 2. The maximum Gasteiger partial charge on any atom is 0.188 e. The molecule has 0 saturated heterocycles. The lowest BCUT2D eigenvalue weighted by Crippen LogP contribution is -2.06. The number of nitrogens with zero attached hydrogens (tertiary/aromatic N) is 2. The summed E-state index contributed by atoms with van der Waals surface area (Å²) >= 11 is 0.